The third-order valence-electron chi connectivity index (χ3n) is 5.49. The minimum atomic E-state index is -3.33. The molecule has 31 heavy (non-hydrogen) atoms. The number of aliphatic hydroxyl groups is 1. The van der Waals surface area contributed by atoms with E-state index in [0.717, 1.165) is 12.8 Å². The summed E-state index contributed by atoms with van der Waals surface area (Å²) in [6.45, 7) is 2.29. The number of fused-ring (bicyclic) bond motifs is 1. The highest BCUT2D eigenvalue weighted by Crippen LogP contribution is 2.32. The zero-order valence-electron chi connectivity index (χ0n) is 17.3. The zero-order valence-corrected chi connectivity index (χ0v) is 17.3. The van der Waals surface area contributed by atoms with E-state index in [0.29, 0.717) is 40.3 Å². The van der Waals surface area contributed by atoms with Crippen LogP contribution in [0.25, 0.3) is 22.0 Å². The van der Waals surface area contributed by atoms with E-state index in [4.69, 9.17) is 0 Å². The molecule has 0 unspecified atom stereocenters. The van der Waals surface area contributed by atoms with Gasteiger partial charge >= 0.3 is 0 Å². The number of aryl methyl sites for hydroxylation is 2. The molecule has 1 aliphatic carbocycles. The predicted molar refractivity (Wildman–Crippen MR) is 112 cm³/mol. The number of pyridine rings is 3. The second kappa shape index (κ2) is 7.49. The van der Waals surface area contributed by atoms with Gasteiger partial charge in [0.25, 0.3) is 11.5 Å². The van der Waals surface area contributed by atoms with Crippen molar-refractivity contribution in [2.75, 3.05) is 5.32 Å². The molecule has 3 aromatic rings. The molecule has 0 saturated heterocycles. The number of nitrogens with one attached hydrogen (secondary N) is 1. The molecule has 7 nitrogen and oxygen atoms in total. The van der Waals surface area contributed by atoms with Gasteiger partial charge in [0, 0.05) is 54.9 Å². The summed E-state index contributed by atoms with van der Waals surface area (Å²) in [5.41, 5.74) is 1.47. The standard InChI is InChI=1S/C22H22F2N4O3/c1-11-6-16(19(29)22(2,23)24)25-10-15(11)14-7-13-9-26-18(27-20(30)12-4-5-12)8-17(13)28(3)21(14)31/h6-10,12,19,29H,4-5H2,1-3H3,(H,26,27,30)/t19-/m0/s1. The Balaban J connectivity index is 1.74. The summed E-state index contributed by atoms with van der Waals surface area (Å²) < 4.78 is 28.3. The van der Waals surface area contributed by atoms with Gasteiger partial charge in [-0.1, -0.05) is 0 Å². The number of carbonyl (C=O) groups excluding carboxylic acids is 1. The van der Waals surface area contributed by atoms with E-state index in [2.05, 4.69) is 15.3 Å². The van der Waals surface area contributed by atoms with Gasteiger partial charge in [-0.15, -0.1) is 0 Å². The maximum atomic E-state index is 13.4. The van der Waals surface area contributed by atoms with Crippen LogP contribution in [0.4, 0.5) is 14.6 Å². The largest absolute Gasteiger partial charge is 0.380 e. The highest BCUT2D eigenvalue weighted by atomic mass is 19.3. The lowest BCUT2D eigenvalue weighted by atomic mass is 10.00. The number of hydrogen-bond acceptors (Lipinski definition) is 5. The topological polar surface area (TPSA) is 97.1 Å². The monoisotopic (exact) mass is 428 g/mol. The number of halogens is 2. The fourth-order valence-electron chi connectivity index (χ4n) is 3.47. The van der Waals surface area contributed by atoms with E-state index in [1.54, 1.807) is 32.3 Å². The molecule has 1 aliphatic rings. The second-order valence-corrected chi connectivity index (χ2v) is 8.10. The maximum absolute atomic E-state index is 13.4. The molecule has 1 atom stereocenters. The van der Waals surface area contributed by atoms with E-state index < -0.39 is 12.0 Å². The number of carbonyl (C=O) groups is 1. The first-order valence-corrected chi connectivity index (χ1v) is 9.89. The molecule has 1 amide bonds. The maximum Gasteiger partial charge on any atom is 0.276 e. The summed E-state index contributed by atoms with van der Waals surface area (Å²) >= 11 is 0. The number of rotatable bonds is 5. The Bertz CT molecular complexity index is 1250. The smallest absolute Gasteiger partial charge is 0.276 e. The molecule has 1 fully saturated rings. The number of anilines is 1. The lowest BCUT2D eigenvalue weighted by Crippen LogP contribution is -2.23. The van der Waals surface area contributed by atoms with Gasteiger partial charge < -0.3 is 15.0 Å². The minimum Gasteiger partial charge on any atom is -0.380 e. The molecule has 0 aromatic carbocycles. The zero-order chi connectivity index (χ0) is 22.5. The lowest BCUT2D eigenvalue weighted by Gasteiger charge is -2.18. The van der Waals surface area contributed by atoms with Crippen molar-refractivity contribution in [3.05, 3.63) is 52.2 Å². The normalized spacial score (nSPS) is 15.2. The summed E-state index contributed by atoms with van der Waals surface area (Å²) in [6.07, 6.45) is 2.60. The molecule has 0 aliphatic heterocycles. The molecular weight excluding hydrogens is 406 g/mol. The Morgan fingerprint density at radius 3 is 2.55 bits per heavy atom. The lowest BCUT2D eigenvalue weighted by molar-refractivity contribution is -0.117. The van der Waals surface area contributed by atoms with Crippen molar-refractivity contribution in [2.45, 2.75) is 38.7 Å². The van der Waals surface area contributed by atoms with Crippen molar-refractivity contribution in [3.63, 3.8) is 0 Å². The quantitative estimate of drug-likeness (QED) is 0.650. The van der Waals surface area contributed by atoms with E-state index in [1.807, 2.05) is 0 Å². The average molecular weight is 428 g/mol. The van der Waals surface area contributed by atoms with Crippen LogP contribution in [-0.4, -0.2) is 31.5 Å². The molecule has 3 heterocycles. The Hall–Kier alpha value is -3.20. The highest BCUT2D eigenvalue weighted by Gasteiger charge is 2.35. The molecule has 0 spiro atoms. The average Bonchev–Trinajstić information content (AvgIpc) is 3.55. The van der Waals surface area contributed by atoms with Crippen molar-refractivity contribution < 1.29 is 18.7 Å². The number of amides is 1. The van der Waals surface area contributed by atoms with Crippen molar-refractivity contribution in [2.24, 2.45) is 13.0 Å². The fraction of sp³-hybridized carbons (Fsp3) is 0.364. The Morgan fingerprint density at radius 2 is 1.94 bits per heavy atom. The van der Waals surface area contributed by atoms with Crippen LogP contribution in [0.15, 0.2) is 35.4 Å². The second-order valence-electron chi connectivity index (χ2n) is 8.10. The van der Waals surface area contributed by atoms with Crippen LogP contribution in [0.3, 0.4) is 0 Å². The third-order valence-corrected chi connectivity index (χ3v) is 5.49. The Kier molecular flexibility index (Phi) is 5.09. The first-order valence-electron chi connectivity index (χ1n) is 9.89. The summed E-state index contributed by atoms with van der Waals surface area (Å²) in [5, 5.41) is 13.2. The number of alkyl halides is 2. The SMILES string of the molecule is Cc1cc([C@H](O)C(C)(F)F)ncc1-c1cc2cnc(NC(=O)C3CC3)cc2n(C)c1=O. The summed E-state index contributed by atoms with van der Waals surface area (Å²) in [5.74, 6) is -2.99. The summed E-state index contributed by atoms with van der Waals surface area (Å²) in [7, 11) is 1.61. The summed E-state index contributed by atoms with van der Waals surface area (Å²) in [4.78, 5) is 33.2. The highest BCUT2D eigenvalue weighted by molar-refractivity contribution is 5.95. The van der Waals surface area contributed by atoms with Crippen LogP contribution >= 0.6 is 0 Å². The van der Waals surface area contributed by atoms with Gasteiger partial charge in [0.2, 0.25) is 5.91 Å². The number of hydrogen-bond donors (Lipinski definition) is 2. The van der Waals surface area contributed by atoms with E-state index >= 15 is 0 Å². The fourth-order valence-corrected chi connectivity index (χ4v) is 3.47. The predicted octanol–water partition coefficient (Wildman–Crippen LogP) is 3.34. The van der Waals surface area contributed by atoms with Gasteiger partial charge in [0.15, 0.2) is 6.10 Å². The molecular formula is C22H22F2N4O3. The van der Waals surface area contributed by atoms with Crippen LogP contribution in [0.1, 0.15) is 37.1 Å². The van der Waals surface area contributed by atoms with Gasteiger partial charge in [-0.2, -0.15) is 0 Å². The molecule has 1 saturated carbocycles. The van der Waals surface area contributed by atoms with E-state index in [1.165, 1.54) is 16.8 Å². The number of aliphatic hydroxyl groups excluding tert-OH is 1. The van der Waals surface area contributed by atoms with Crippen LogP contribution in [0.5, 0.6) is 0 Å². The first kappa shape index (κ1) is 21.0. The minimum absolute atomic E-state index is 0.0355. The van der Waals surface area contributed by atoms with Crippen LogP contribution in [0.2, 0.25) is 0 Å². The van der Waals surface area contributed by atoms with Crippen LogP contribution in [0, 0.1) is 12.8 Å². The van der Waals surface area contributed by atoms with E-state index in [-0.39, 0.29) is 23.1 Å². The van der Waals surface area contributed by atoms with E-state index in [9.17, 15) is 23.5 Å². The van der Waals surface area contributed by atoms with Gasteiger partial charge in [-0.25, -0.2) is 13.8 Å². The van der Waals surface area contributed by atoms with Gasteiger partial charge in [0.1, 0.15) is 5.82 Å². The summed E-state index contributed by atoms with van der Waals surface area (Å²) in [6, 6.07) is 4.66. The Morgan fingerprint density at radius 1 is 1.23 bits per heavy atom. The van der Waals surface area contributed by atoms with Crippen molar-refractivity contribution in [3.8, 4) is 11.1 Å². The third kappa shape index (κ3) is 4.05. The molecule has 3 aromatic heterocycles. The molecule has 2 N–H and O–H groups in total. The first-order chi connectivity index (χ1) is 14.6. The van der Waals surface area contributed by atoms with Gasteiger partial charge in [0.05, 0.1) is 11.2 Å². The van der Waals surface area contributed by atoms with Gasteiger partial charge in [-0.3, -0.25) is 14.6 Å². The number of nitrogens with zero attached hydrogens (tertiary/aromatic N) is 3. The Labute approximate surface area is 176 Å². The van der Waals surface area contributed by atoms with Gasteiger partial charge in [-0.05, 0) is 37.5 Å². The van der Waals surface area contributed by atoms with Crippen LogP contribution < -0.4 is 10.9 Å². The van der Waals surface area contributed by atoms with Crippen LogP contribution in [-0.2, 0) is 11.8 Å². The number of aromatic nitrogens is 3. The van der Waals surface area contributed by atoms with Crippen molar-refractivity contribution >= 4 is 22.6 Å². The van der Waals surface area contributed by atoms with Crippen molar-refractivity contribution in [1.82, 2.24) is 14.5 Å². The molecule has 9 heteroatoms. The molecule has 0 radical (unpaired) electrons. The molecule has 0 bridgehead atoms. The molecule has 4 rings (SSSR count). The van der Waals surface area contributed by atoms with Crippen molar-refractivity contribution in [1.29, 1.82) is 0 Å². The molecule has 162 valence electrons.